The molecule has 1 aromatic carbocycles. The molecule has 0 N–H and O–H groups in total. The fourth-order valence-electron chi connectivity index (χ4n) is 1.49. The molecular weight excluding hydrogens is 196 g/mol. The highest BCUT2D eigenvalue weighted by Crippen LogP contribution is 2.29. The second kappa shape index (κ2) is 3.38. The molecule has 15 heavy (non-hydrogen) atoms. The predicted molar refractivity (Wildman–Crippen MR) is 50.8 cm³/mol. The number of ether oxygens (including phenoxy) is 2. The van der Waals surface area contributed by atoms with Crippen LogP contribution in [0.2, 0.25) is 0 Å². The number of carbonyl (C=O) groups excluding carboxylic acids is 2. The van der Waals surface area contributed by atoms with Crippen LogP contribution in [0.5, 0.6) is 0 Å². The normalized spacial score (nSPS) is 25.7. The zero-order valence-electron chi connectivity index (χ0n) is 8.23. The molecule has 1 atom stereocenters. The van der Waals surface area contributed by atoms with Crippen molar-refractivity contribution in [3.8, 4) is 0 Å². The Bertz CT molecular complexity index is 398. The third-order valence-electron chi connectivity index (χ3n) is 2.35. The molecule has 1 heterocycles. The molecule has 1 aromatic rings. The summed E-state index contributed by atoms with van der Waals surface area (Å²) in [6, 6.07) is 8.81. The SMILES string of the molecule is CC1(c2ccccc2)OC(=O)COC1=O. The summed E-state index contributed by atoms with van der Waals surface area (Å²) < 4.78 is 9.81. The zero-order valence-corrected chi connectivity index (χ0v) is 8.23. The van der Waals surface area contributed by atoms with Gasteiger partial charge in [-0.05, 0) is 6.92 Å². The van der Waals surface area contributed by atoms with Crippen LogP contribution in [0.15, 0.2) is 30.3 Å². The number of carbonyl (C=O) groups is 2. The lowest BCUT2D eigenvalue weighted by atomic mass is 9.95. The second-order valence-corrected chi connectivity index (χ2v) is 3.45. The summed E-state index contributed by atoms with van der Waals surface area (Å²) in [4.78, 5) is 22.7. The van der Waals surface area contributed by atoms with Crippen molar-refractivity contribution in [2.75, 3.05) is 6.61 Å². The van der Waals surface area contributed by atoms with Crippen molar-refractivity contribution in [3.63, 3.8) is 0 Å². The Morgan fingerprint density at radius 2 is 1.87 bits per heavy atom. The molecule has 0 amide bonds. The van der Waals surface area contributed by atoms with E-state index in [1.165, 1.54) is 6.92 Å². The number of hydrogen-bond donors (Lipinski definition) is 0. The number of esters is 2. The van der Waals surface area contributed by atoms with Gasteiger partial charge in [-0.15, -0.1) is 0 Å². The summed E-state index contributed by atoms with van der Waals surface area (Å²) >= 11 is 0. The topological polar surface area (TPSA) is 52.6 Å². The summed E-state index contributed by atoms with van der Waals surface area (Å²) in [6.45, 7) is 1.23. The highest BCUT2D eigenvalue weighted by Gasteiger charge is 2.44. The molecule has 0 saturated carbocycles. The molecule has 1 aliphatic rings. The van der Waals surface area contributed by atoms with E-state index in [1.54, 1.807) is 24.3 Å². The van der Waals surface area contributed by atoms with Crippen LogP contribution in [0.4, 0.5) is 0 Å². The van der Waals surface area contributed by atoms with Gasteiger partial charge in [0.05, 0.1) is 0 Å². The number of hydrogen-bond acceptors (Lipinski definition) is 4. The third kappa shape index (κ3) is 1.58. The molecule has 1 saturated heterocycles. The van der Waals surface area contributed by atoms with Gasteiger partial charge in [-0.1, -0.05) is 30.3 Å². The van der Waals surface area contributed by atoms with E-state index in [-0.39, 0.29) is 6.61 Å². The van der Waals surface area contributed by atoms with Gasteiger partial charge in [-0.2, -0.15) is 0 Å². The number of cyclic esters (lactones) is 2. The van der Waals surface area contributed by atoms with E-state index in [4.69, 9.17) is 9.47 Å². The highest BCUT2D eigenvalue weighted by atomic mass is 16.6. The van der Waals surface area contributed by atoms with Crippen LogP contribution in [0.25, 0.3) is 0 Å². The van der Waals surface area contributed by atoms with Gasteiger partial charge in [0, 0.05) is 5.56 Å². The van der Waals surface area contributed by atoms with Crippen LogP contribution in [0.3, 0.4) is 0 Å². The van der Waals surface area contributed by atoms with Crippen molar-refractivity contribution in [2.24, 2.45) is 0 Å². The molecule has 0 bridgehead atoms. The van der Waals surface area contributed by atoms with E-state index in [0.717, 1.165) is 0 Å². The van der Waals surface area contributed by atoms with E-state index >= 15 is 0 Å². The lowest BCUT2D eigenvalue weighted by Gasteiger charge is -2.31. The minimum atomic E-state index is -1.31. The van der Waals surface area contributed by atoms with Gasteiger partial charge in [0.15, 0.2) is 6.61 Å². The highest BCUT2D eigenvalue weighted by molar-refractivity contribution is 5.89. The van der Waals surface area contributed by atoms with Gasteiger partial charge >= 0.3 is 11.9 Å². The molecule has 1 aliphatic heterocycles. The maximum Gasteiger partial charge on any atom is 0.355 e. The van der Waals surface area contributed by atoms with Crippen LogP contribution in [-0.2, 0) is 24.7 Å². The van der Waals surface area contributed by atoms with Crippen molar-refractivity contribution < 1.29 is 19.1 Å². The summed E-state index contributed by atoms with van der Waals surface area (Å²) in [5, 5.41) is 0. The van der Waals surface area contributed by atoms with E-state index in [0.29, 0.717) is 5.56 Å². The lowest BCUT2D eigenvalue weighted by molar-refractivity contribution is -0.200. The molecule has 2 rings (SSSR count). The monoisotopic (exact) mass is 206 g/mol. The van der Waals surface area contributed by atoms with Crippen LogP contribution in [0.1, 0.15) is 12.5 Å². The van der Waals surface area contributed by atoms with E-state index in [9.17, 15) is 9.59 Å². The standard InChI is InChI=1S/C11H10O4/c1-11(8-5-3-2-4-6-8)10(13)14-7-9(12)15-11/h2-6H,7H2,1H3. The van der Waals surface area contributed by atoms with E-state index < -0.39 is 17.5 Å². The molecule has 4 heteroatoms. The summed E-state index contributed by atoms with van der Waals surface area (Å²) in [6.07, 6.45) is 0. The van der Waals surface area contributed by atoms with Crippen molar-refractivity contribution in [2.45, 2.75) is 12.5 Å². The average Bonchev–Trinajstić information content (AvgIpc) is 2.25. The van der Waals surface area contributed by atoms with Gasteiger partial charge in [-0.25, -0.2) is 9.59 Å². The Kier molecular flexibility index (Phi) is 2.19. The Balaban J connectivity index is 2.40. The fraction of sp³-hybridized carbons (Fsp3) is 0.273. The van der Waals surface area contributed by atoms with Crippen LogP contribution < -0.4 is 0 Å². The zero-order chi connectivity index (χ0) is 10.9. The third-order valence-corrected chi connectivity index (χ3v) is 2.35. The number of benzene rings is 1. The first kappa shape index (κ1) is 9.71. The molecule has 0 spiro atoms. The van der Waals surface area contributed by atoms with Gasteiger partial charge in [0.1, 0.15) is 0 Å². The first-order valence-corrected chi connectivity index (χ1v) is 4.57. The van der Waals surface area contributed by atoms with Crippen molar-refractivity contribution >= 4 is 11.9 Å². The van der Waals surface area contributed by atoms with Crippen LogP contribution >= 0.6 is 0 Å². The minimum Gasteiger partial charge on any atom is -0.450 e. The molecule has 0 aromatic heterocycles. The quantitative estimate of drug-likeness (QED) is 0.643. The van der Waals surface area contributed by atoms with E-state index in [1.807, 2.05) is 6.07 Å². The van der Waals surface area contributed by atoms with Crippen LogP contribution in [0, 0.1) is 0 Å². The van der Waals surface area contributed by atoms with Crippen molar-refractivity contribution in [1.82, 2.24) is 0 Å². The largest absolute Gasteiger partial charge is 0.450 e. The molecule has 0 aliphatic carbocycles. The summed E-state index contributed by atoms with van der Waals surface area (Å²) in [7, 11) is 0. The van der Waals surface area contributed by atoms with Gasteiger partial charge in [-0.3, -0.25) is 0 Å². The average molecular weight is 206 g/mol. The maximum absolute atomic E-state index is 11.6. The minimum absolute atomic E-state index is 0.304. The first-order chi connectivity index (χ1) is 7.13. The van der Waals surface area contributed by atoms with Gasteiger partial charge < -0.3 is 9.47 Å². The lowest BCUT2D eigenvalue weighted by Crippen LogP contribution is -2.45. The Morgan fingerprint density at radius 1 is 1.20 bits per heavy atom. The predicted octanol–water partition coefficient (Wildman–Crippen LogP) is 1.00. The van der Waals surface area contributed by atoms with E-state index in [2.05, 4.69) is 0 Å². The Hall–Kier alpha value is -1.84. The smallest absolute Gasteiger partial charge is 0.355 e. The molecule has 78 valence electrons. The fourth-order valence-corrected chi connectivity index (χ4v) is 1.49. The van der Waals surface area contributed by atoms with Crippen LogP contribution in [-0.4, -0.2) is 18.5 Å². The Labute approximate surface area is 86.8 Å². The molecule has 1 unspecified atom stereocenters. The molecular formula is C11H10O4. The first-order valence-electron chi connectivity index (χ1n) is 4.57. The van der Waals surface area contributed by atoms with Crippen molar-refractivity contribution in [1.29, 1.82) is 0 Å². The molecule has 4 nitrogen and oxygen atoms in total. The Morgan fingerprint density at radius 3 is 2.53 bits per heavy atom. The molecule has 0 radical (unpaired) electrons. The summed E-state index contributed by atoms with van der Waals surface area (Å²) in [5.41, 5.74) is -0.695. The van der Waals surface area contributed by atoms with Gasteiger partial charge in [0.25, 0.3) is 0 Å². The van der Waals surface area contributed by atoms with Gasteiger partial charge in [0.2, 0.25) is 5.60 Å². The molecule has 1 fully saturated rings. The number of rotatable bonds is 1. The second-order valence-electron chi connectivity index (χ2n) is 3.45. The maximum atomic E-state index is 11.6. The summed E-state index contributed by atoms with van der Waals surface area (Å²) in [5.74, 6) is -1.06. The van der Waals surface area contributed by atoms with Crippen molar-refractivity contribution in [3.05, 3.63) is 35.9 Å².